The largest absolute Gasteiger partial charge is 0.383 e. The monoisotopic (exact) mass is 329 g/mol. The Kier molecular flexibility index (Phi) is 4.71. The number of hydrogen-bond acceptors (Lipinski definition) is 5. The Morgan fingerprint density at radius 1 is 1.46 bits per heavy atom. The van der Waals surface area contributed by atoms with Gasteiger partial charge in [-0.25, -0.2) is 4.79 Å². The van der Waals surface area contributed by atoms with Crippen LogP contribution in [0.2, 0.25) is 0 Å². The van der Waals surface area contributed by atoms with E-state index in [1.165, 1.54) is 0 Å². The summed E-state index contributed by atoms with van der Waals surface area (Å²) in [4.78, 5) is 12.3. The molecule has 3 aromatic rings. The lowest BCUT2D eigenvalue weighted by atomic mass is 10.2. The van der Waals surface area contributed by atoms with Crippen LogP contribution in [-0.4, -0.2) is 44.7 Å². The number of amides is 2. The number of benzene rings is 1. The average Bonchev–Trinajstić information content (AvgIpc) is 3.22. The minimum Gasteiger partial charge on any atom is -0.383 e. The van der Waals surface area contributed by atoms with Gasteiger partial charge in [-0.1, -0.05) is 6.07 Å². The van der Waals surface area contributed by atoms with Gasteiger partial charge in [0.2, 0.25) is 0 Å². The van der Waals surface area contributed by atoms with Crippen LogP contribution < -0.4 is 10.6 Å². The number of carbonyl (C=O) groups is 1. The van der Waals surface area contributed by atoms with Crippen molar-refractivity contribution in [1.29, 1.82) is 0 Å². The maximum absolute atomic E-state index is 12.3. The maximum atomic E-state index is 12.3. The Balaban J connectivity index is 1.66. The third-order valence-corrected chi connectivity index (χ3v) is 3.65. The lowest BCUT2D eigenvalue weighted by molar-refractivity contribution is 0.185. The van der Waals surface area contributed by atoms with Crippen molar-refractivity contribution in [2.45, 2.75) is 19.5 Å². The fourth-order valence-corrected chi connectivity index (χ4v) is 2.46. The summed E-state index contributed by atoms with van der Waals surface area (Å²) in [6.45, 7) is 3.03. The molecule has 0 aliphatic carbocycles. The smallest absolute Gasteiger partial charge is 0.319 e. The van der Waals surface area contributed by atoms with Crippen molar-refractivity contribution >= 4 is 22.6 Å². The second-order valence-electron chi connectivity index (χ2n) is 5.33. The highest BCUT2D eigenvalue weighted by Gasteiger charge is 2.16. The molecule has 0 aliphatic rings. The van der Waals surface area contributed by atoms with Crippen molar-refractivity contribution < 1.29 is 9.53 Å². The van der Waals surface area contributed by atoms with Gasteiger partial charge in [0.15, 0.2) is 5.82 Å². The first-order valence-corrected chi connectivity index (χ1v) is 7.55. The molecule has 0 spiro atoms. The second kappa shape index (κ2) is 7.09. The predicted octanol–water partition coefficient (Wildman–Crippen LogP) is 1.68. The van der Waals surface area contributed by atoms with E-state index in [9.17, 15) is 4.79 Å². The number of nitrogens with zero attached hydrogens (tertiary/aromatic N) is 4. The molecule has 0 radical (unpaired) electrons. The van der Waals surface area contributed by atoms with E-state index in [1.54, 1.807) is 19.6 Å². The molecule has 9 heteroatoms. The van der Waals surface area contributed by atoms with Crippen LogP contribution in [0.1, 0.15) is 18.8 Å². The van der Waals surface area contributed by atoms with Gasteiger partial charge in [-0.15, -0.1) is 10.2 Å². The maximum Gasteiger partial charge on any atom is 0.319 e. The van der Waals surface area contributed by atoms with E-state index in [-0.39, 0.29) is 12.1 Å². The molecule has 0 saturated heterocycles. The summed E-state index contributed by atoms with van der Waals surface area (Å²) < 4.78 is 6.91. The van der Waals surface area contributed by atoms with Gasteiger partial charge >= 0.3 is 6.03 Å². The van der Waals surface area contributed by atoms with Crippen LogP contribution in [0.25, 0.3) is 10.9 Å². The third kappa shape index (κ3) is 3.35. The molecule has 126 valence electrons. The number of carbonyl (C=O) groups excluding carboxylic acids is 1. The van der Waals surface area contributed by atoms with Gasteiger partial charge in [-0.2, -0.15) is 5.10 Å². The number of rotatable bonds is 6. The normalized spacial score (nSPS) is 12.2. The van der Waals surface area contributed by atoms with Crippen LogP contribution in [0, 0.1) is 0 Å². The molecule has 24 heavy (non-hydrogen) atoms. The standard InChI is InChI=1S/C15H19N7O2/c1-10(14-21-17-9-22(14)6-7-24-2)18-15(23)19-12-4-3-5-13-11(12)8-16-20-13/h3-5,8-10H,6-7H2,1-2H3,(H,16,20)(H2,18,19,23)/t10-/m1/s1. The van der Waals surface area contributed by atoms with Crippen molar-refractivity contribution in [3.05, 3.63) is 36.5 Å². The molecule has 0 unspecified atom stereocenters. The topological polar surface area (TPSA) is 110 Å². The number of ether oxygens (including phenoxy) is 1. The lowest BCUT2D eigenvalue weighted by Gasteiger charge is -2.15. The van der Waals surface area contributed by atoms with Crippen LogP contribution in [0.4, 0.5) is 10.5 Å². The molecule has 2 amide bonds. The van der Waals surface area contributed by atoms with Gasteiger partial charge in [0.25, 0.3) is 0 Å². The molecule has 2 heterocycles. The van der Waals surface area contributed by atoms with Crippen LogP contribution in [0.15, 0.2) is 30.7 Å². The quantitative estimate of drug-likeness (QED) is 0.637. The van der Waals surface area contributed by atoms with E-state index in [2.05, 4.69) is 31.0 Å². The zero-order valence-electron chi connectivity index (χ0n) is 13.5. The first-order valence-electron chi connectivity index (χ1n) is 7.55. The number of aromatic nitrogens is 5. The molecule has 9 nitrogen and oxygen atoms in total. The first kappa shape index (κ1) is 15.9. The van der Waals surface area contributed by atoms with Gasteiger partial charge in [0, 0.05) is 19.0 Å². The molecular formula is C15H19N7O2. The molecular weight excluding hydrogens is 310 g/mol. The summed E-state index contributed by atoms with van der Waals surface area (Å²) >= 11 is 0. The van der Waals surface area contributed by atoms with Gasteiger partial charge < -0.3 is 19.9 Å². The van der Waals surface area contributed by atoms with Gasteiger partial charge in [-0.3, -0.25) is 5.10 Å². The van der Waals surface area contributed by atoms with Crippen molar-refractivity contribution in [2.24, 2.45) is 0 Å². The number of H-pyrrole nitrogens is 1. The summed E-state index contributed by atoms with van der Waals surface area (Å²) in [6.07, 6.45) is 3.30. The Bertz CT molecular complexity index is 826. The molecule has 1 aromatic carbocycles. The average molecular weight is 329 g/mol. The second-order valence-corrected chi connectivity index (χ2v) is 5.33. The fraction of sp³-hybridized carbons (Fsp3) is 0.333. The van der Waals surface area contributed by atoms with E-state index in [0.29, 0.717) is 24.7 Å². The van der Waals surface area contributed by atoms with Gasteiger partial charge in [0.1, 0.15) is 6.33 Å². The minimum atomic E-state index is -0.322. The minimum absolute atomic E-state index is 0.298. The Morgan fingerprint density at radius 2 is 2.33 bits per heavy atom. The van der Waals surface area contributed by atoms with E-state index in [1.807, 2.05) is 29.7 Å². The number of nitrogens with one attached hydrogen (secondary N) is 3. The highest BCUT2D eigenvalue weighted by atomic mass is 16.5. The van der Waals surface area contributed by atoms with Crippen LogP contribution in [-0.2, 0) is 11.3 Å². The summed E-state index contributed by atoms with van der Waals surface area (Å²) in [5.41, 5.74) is 1.55. The molecule has 3 N–H and O–H groups in total. The molecule has 0 fully saturated rings. The molecule has 3 rings (SSSR count). The molecule has 0 saturated carbocycles. The Labute approximate surface area is 138 Å². The van der Waals surface area contributed by atoms with Crippen molar-refractivity contribution in [3.63, 3.8) is 0 Å². The SMILES string of the molecule is COCCn1cnnc1[C@@H](C)NC(=O)Nc1cccc2[nH]ncc12. The number of methoxy groups -OCH3 is 1. The number of anilines is 1. The third-order valence-electron chi connectivity index (χ3n) is 3.65. The summed E-state index contributed by atoms with van der Waals surface area (Å²) in [6, 6.07) is 4.95. The Hall–Kier alpha value is -2.94. The van der Waals surface area contributed by atoms with Crippen LogP contribution in [0.5, 0.6) is 0 Å². The van der Waals surface area contributed by atoms with Crippen LogP contribution in [0.3, 0.4) is 0 Å². The summed E-state index contributed by atoms with van der Waals surface area (Å²) in [5, 5.41) is 21.4. The molecule has 1 atom stereocenters. The van der Waals surface area contributed by atoms with E-state index >= 15 is 0 Å². The van der Waals surface area contributed by atoms with Gasteiger partial charge in [-0.05, 0) is 19.1 Å². The number of aromatic amines is 1. The van der Waals surface area contributed by atoms with Gasteiger partial charge in [0.05, 0.1) is 30.0 Å². The highest BCUT2D eigenvalue weighted by Crippen LogP contribution is 2.21. The number of hydrogen-bond donors (Lipinski definition) is 3. The Morgan fingerprint density at radius 3 is 3.17 bits per heavy atom. The van der Waals surface area contributed by atoms with E-state index < -0.39 is 0 Å². The zero-order valence-corrected chi connectivity index (χ0v) is 13.5. The predicted molar refractivity (Wildman–Crippen MR) is 88.6 cm³/mol. The number of fused-ring (bicyclic) bond motifs is 1. The highest BCUT2D eigenvalue weighted by molar-refractivity contribution is 6.00. The summed E-state index contributed by atoms with van der Waals surface area (Å²) in [7, 11) is 1.63. The lowest BCUT2D eigenvalue weighted by Crippen LogP contribution is -2.32. The number of urea groups is 1. The van der Waals surface area contributed by atoms with Crippen molar-refractivity contribution in [2.75, 3.05) is 19.0 Å². The zero-order chi connectivity index (χ0) is 16.9. The molecule has 2 aromatic heterocycles. The van der Waals surface area contributed by atoms with Crippen LogP contribution >= 0.6 is 0 Å². The summed E-state index contributed by atoms with van der Waals surface area (Å²) in [5.74, 6) is 0.670. The first-order chi connectivity index (χ1) is 11.7. The fourth-order valence-electron chi connectivity index (χ4n) is 2.46. The van der Waals surface area contributed by atoms with E-state index in [0.717, 1.165) is 10.9 Å². The van der Waals surface area contributed by atoms with Crippen molar-refractivity contribution in [1.82, 2.24) is 30.3 Å². The van der Waals surface area contributed by atoms with E-state index in [4.69, 9.17) is 4.74 Å². The molecule has 0 bridgehead atoms. The van der Waals surface area contributed by atoms with Crippen molar-refractivity contribution in [3.8, 4) is 0 Å². The molecule has 0 aliphatic heterocycles.